The molecule has 0 N–H and O–H groups in total. The maximum absolute atomic E-state index is 6.02. The summed E-state index contributed by atoms with van der Waals surface area (Å²) in [6, 6.07) is 0. The predicted molar refractivity (Wildman–Crippen MR) is 57.9 cm³/mol. The van der Waals surface area contributed by atoms with Crippen molar-refractivity contribution in [2.45, 2.75) is 57.5 Å². The first-order chi connectivity index (χ1) is 6.95. The molecule has 2 saturated heterocycles. The summed E-state index contributed by atoms with van der Waals surface area (Å²) in [6.45, 7) is 9.40. The van der Waals surface area contributed by atoms with E-state index in [1.807, 2.05) is 0 Å². The van der Waals surface area contributed by atoms with Gasteiger partial charge in [0.15, 0.2) is 0 Å². The molecule has 2 heterocycles. The van der Waals surface area contributed by atoms with Crippen LogP contribution in [0.15, 0.2) is 0 Å². The molecule has 88 valence electrons. The number of hydrogen-bond acceptors (Lipinski definition) is 3. The minimum atomic E-state index is -0.195. The molecule has 4 atom stereocenters. The van der Waals surface area contributed by atoms with Gasteiger partial charge in [-0.3, -0.25) is 0 Å². The third kappa shape index (κ3) is 1.52. The van der Waals surface area contributed by atoms with E-state index in [0.717, 1.165) is 13.0 Å². The van der Waals surface area contributed by atoms with E-state index in [-0.39, 0.29) is 23.4 Å². The van der Waals surface area contributed by atoms with Crippen LogP contribution in [0, 0.1) is 5.92 Å². The van der Waals surface area contributed by atoms with E-state index in [2.05, 4.69) is 27.7 Å². The van der Waals surface area contributed by atoms with Crippen molar-refractivity contribution in [3.63, 3.8) is 0 Å². The monoisotopic (exact) mass is 214 g/mol. The molecule has 2 fully saturated rings. The highest BCUT2D eigenvalue weighted by atomic mass is 16.7. The predicted octanol–water partition coefficient (Wildman–Crippen LogP) is 1.99. The summed E-state index contributed by atoms with van der Waals surface area (Å²) in [6.07, 6.45) is 1.33. The van der Waals surface area contributed by atoms with Crippen molar-refractivity contribution >= 4 is 0 Å². The van der Waals surface area contributed by atoms with E-state index in [9.17, 15) is 0 Å². The van der Waals surface area contributed by atoms with Gasteiger partial charge in [0, 0.05) is 13.5 Å². The Morgan fingerprint density at radius 2 is 2.00 bits per heavy atom. The fourth-order valence-corrected chi connectivity index (χ4v) is 2.67. The molecule has 15 heavy (non-hydrogen) atoms. The standard InChI is InChI=1S/C12H22O3/c1-8(2)10-6-11(4,13-5)12(7-14-12)9(3)15-10/h8-10H,6-7H2,1-5H3/t9?,10-,11?,12-/m1/s1. The summed E-state index contributed by atoms with van der Waals surface area (Å²) in [4.78, 5) is 0. The molecule has 3 heteroatoms. The highest BCUT2D eigenvalue weighted by molar-refractivity contribution is 5.15. The van der Waals surface area contributed by atoms with Crippen molar-refractivity contribution in [2.75, 3.05) is 13.7 Å². The Kier molecular flexibility index (Phi) is 2.61. The summed E-state index contributed by atoms with van der Waals surface area (Å²) >= 11 is 0. The maximum atomic E-state index is 6.02. The Morgan fingerprint density at radius 3 is 2.40 bits per heavy atom. The van der Waals surface area contributed by atoms with Crippen LogP contribution in [-0.2, 0) is 14.2 Å². The Balaban J connectivity index is 2.20. The quantitative estimate of drug-likeness (QED) is 0.659. The zero-order valence-electron chi connectivity index (χ0n) is 10.4. The third-order valence-corrected chi connectivity index (χ3v) is 4.17. The highest BCUT2D eigenvalue weighted by Crippen LogP contribution is 2.51. The normalized spacial score (nSPS) is 50.0. The second kappa shape index (κ2) is 3.44. The van der Waals surface area contributed by atoms with E-state index < -0.39 is 0 Å². The summed E-state index contributed by atoms with van der Waals surface area (Å²) < 4.78 is 17.4. The highest BCUT2D eigenvalue weighted by Gasteiger charge is 2.67. The summed E-state index contributed by atoms with van der Waals surface area (Å²) in [7, 11) is 1.78. The van der Waals surface area contributed by atoms with Crippen LogP contribution in [-0.4, -0.2) is 37.1 Å². The number of methoxy groups -OCH3 is 1. The lowest BCUT2D eigenvalue weighted by Crippen LogP contribution is -2.59. The van der Waals surface area contributed by atoms with Gasteiger partial charge >= 0.3 is 0 Å². The third-order valence-electron chi connectivity index (χ3n) is 4.17. The van der Waals surface area contributed by atoms with E-state index in [0.29, 0.717) is 5.92 Å². The molecule has 2 unspecified atom stereocenters. The van der Waals surface area contributed by atoms with Gasteiger partial charge in [-0.2, -0.15) is 0 Å². The first-order valence-electron chi connectivity index (χ1n) is 5.80. The molecule has 0 amide bonds. The second-order valence-electron chi connectivity index (χ2n) is 5.38. The van der Waals surface area contributed by atoms with Gasteiger partial charge in [0.05, 0.1) is 18.8 Å². The van der Waals surface area contributed by atoms with Gasteiger partial charge in [-0.1, -0.05) is 13.8 Å². The average molecular weight is 214 g/mol. The molecule has 0 saturated carbocycles. The zero-order valence-corrected chi connectivity index (χ0v) is 10.4. The van der Waals surface area contributed by atoms with Crippen LogP contribution in [0.25, 0.3) is 0 Å². The van der Waals surface area contributed by atoms with Gasteiger partial charge in [0.2, 0.25) is 0 Å². The van der Waals surface area contributed by atoms with Gasteiger partial charge < -0.3 is 14.2 Å². The molecular formula is C12H22O3. The Labute approximate surface area is 92.1 Å². The van der Waals surface area contributed by atoms with Crippen LogP contribution in [0.3, 0.4) is 0 Å². The molecule has 0 aliphatic carbocycles. The largest absolute Gasteiger partial charge is 0.375 e. The van der Waals surface area contributed by atoms with Crippen LogP contribution >= 0.6 is 0 Å². The van der Waals surface area contributed by atoms with Gasteiger partial charge in [-0.25, -0.2) is 0 Å². The lowest BCUT2D eigenvalue weighted by molar-refractivity contribution is -0.203. The van der Waals surface area contributed by atoms with Crippen molar-refractivity contribution in [3.8, 4) is 0 Å². The number of ether oxygens (including phenoxy) is 3. The van der Waals surface area contributed by atoms with Crippen LogP contribution < -0.4 is 0 Å². The van der Waals surface area contributed by atoms with Gasteiger partial charge in [-0.15, -0.1) is 0 Å². The van der Waals surface area contributed by atoms with Crippen molar-refractivity contribution in [1.29, 1.82) is 0 Å². The Bertz CT molecular complexity index is 247. The van der Waals surface area contributed by atoms with Gasteiger partial charge in [0.1, 0.15) is 11.2 Å². The second-order valence-corrected chi connectivity index (χ2v) is 5.38. The van der Waals surface area contributed by atoms with Gasteiger partial charge in [0.25, 0.3) is 0 Å². The SMILES string of the molecule is COC1(C)C[C@H](C(C)C)OC(C)[C@]12CO2. The molecule has 1 spiro atoms. The molecule has 3 nitrogen and oxygen atoms in total. The molecular weight excluding hydrogens is 192 g/mol. The number of rotatable bonds is 2. The van der Waals surface area contributed by atoms with Crippen molar-refractivity contribution in [2.24, 2.45) is 5.92 Å². The van der Waals surface area contributed by atoms with Crippen LogP contribution in [0.2, 0.25) is 0 Å². The first-order valence-corrected chi connectivity index (χ1v) is 5.80. The van der Waals surface area contributed by atoms with Gasteiger partial charge in [-0.05, 0) is 19.8 Å². The topological polar surface area (TPSA) is 31.0 Å². The molecule has 0 aromatic heterocycles. The summed E-state index contributed by atoms with van der Waals surface area (Å²) in [5.74, 6) is 0.526. The summed E-state index contributed by atoms with van der Waals surface area (Å²) in [5.41, 5.74) is -0.382. The Hall–Kier alpha value is -0.120. The molecule has 0 aromatic rings. The molecule has 0 radical (unpaired) electrons. The van der Waals surface area contributed by atoms with Crippen molar-refractivity contribution in [3.05, 3.63) is 0 Å². The minimum Gasteiger partial charge on any atom is -0.375 e. The number of hydrogen-bond donors (Lipinski definition) is 0. The van der Waals surface area contributed by atoms with Crippen molar-refractivity contribution < 1.29 is 14.2 Å². The lowest BCUT2D eigenvalue weighted by Gasteiger charge is -2.46. The molecule has 2 aliphatic heterocycles. The van der Waals surface area contributed by atoms with Crippen LogP contribution in [0.4, 0.5) is 0 Å². The van der Waals surface area contributed by atoms with E-state index in [4.69, 9.17) is 14.2 Å². The molecule has 2 aliphatic rings. The minimum absolute atomic E-state index is 0.128. The van der Waals surface area contributed by atoms with E-state index in [1.54, 1.807) is 7.11 Å². The smallest absolute Gasteiger partial charge is 0.146 e. The van der Waals surface area contributed by atoms with E-state index >= 15 is 0 Å². The number of epoxide rings is 1. The van der Waals surface area contributed by atoms with Crippen LogP contribution in [0.1, 0.15) is 34.1 Å². The zero-order chi connectivity index (χ0) is 11.3. The fraction of sp³-hybridized carbons (Fsp3) is 1.00. The molecule has 0 aromatic carbocycles. The fourth-order valence-electron chi connectivity index (χ4n) is 2.67. The molecule has 2 rings (SSSR count). The summed E-state index contributed by atoms with van der Waals surface area (Å²) in [5, 5.41) is 0. The average Bonchev–Trinajstić information content (AvgIpc) is 2.95. The lowest BCUT2D eigenvalue weighted by atomic mass is 9.76. The van der Waals surface area contributed by atoms with Crippen molar-refractivity contribution in [1.82, 2.24) is 0 Å². The van der Waals surface area contributed by atoms with E-state index in [1.165, 1.54) is 0 Å². The Morgan fingerprint density at radius 1 is 1.40 bits per heavy atom. The van der Waals surface area contributed by atoms with Crippen LogP contribution in [0.5, 0.6) is 0 Å². The molecule has 0 bridgehead atoms. The first kappa shape index (κ1) is 11.4. The maximum Gasteiger partial charge on any atom is 0.146 e.